The third-order valence-electron chi connectivity index (χ3n) is 4.15. The Balaban J connectivity index is 1.64. The van der Waals surface area contributed by atoms with E-state index in [1.807, 2.05) is 30.3 Å². The SMILES string of the molecule is O=C(O)c1cnn2c1CN(C(=O)c1cc3ccccc3[nH]1)CC2. The average molecular weight is 310 g/mol. The molecular formula is C16H14N4O3. The van der Waals surface area contributed by atoms with Gasteiger partial charge in [0.05, 0.1) is 25.0 Å². The van der Waals surface area contributed by atoms with Gasteiger partial charge < -0.3 is 15.0 Å². The topological polar surface area (TPSA) is 91.2 Å². The normalized spacial score (nSPS) is 14.0. The number of para-hydroxylation sites is 1. The van der Waals surface area contributed by atoms with Crippen molar-refractivity contribution in [2.24, 2.45) is 0 Å². The molecule has 1 aliphatic heterocycles. The van der Waals surface area contributed by atoms with Gasteiger partial charge in [-0.3, -0.25) is 9.48 Å². The molecule has 2 N–H and O–H groups in total. The number of rotatable bonds is 2. The summed E-state index contributed by atoms with van der Waals surface area (Å²) in [6.45, 7) is 1.24. The number of benzene rings is 1. The molecule has 1 amide bonds. The molecule has 7 heteroatoms. The minimum Gasteiger partial charge on any atom is -0.478 e. The number of carbonyl (C=O) groups is 2. The second-order valence-electron chi connectivity index (χ2n) is 5.53. The molecule has 116 valence electrons. The van der Waals surface area contributed by atoms with E-state index in [1.54, 1.807) is 9.58 Å². The van der Waals surface area contributed by atoms with Gasteiger partial charge in [-0.05, 0) is 12.1 Å². The Morgan fingerprint density at radius 1 is 1.22 bits per heavy atom. The fourth-order valence-corrected chi connectivity index (χ4v) is 2.96. The Labute approximate surface area is 131 Å². The predicted octanol–water partition coefficient (Wildman–Crippen LogP) is 1.72. The van der Waals surface area contributed by atoms with Crippen LogP contribution in [0.25, 0.3) is 10.9 Å². The van der Waals surface area contributed by atoms with Gasteiger partial charge in [-0.25, -0.2) is 4.79 Å². The second-order valence-corrected chi connectivity index (χ2v) is 5.53. The van der Waals surface area contributed by atoms with Gasteiger partial charge in [0.1, 0.15) is 11.3 Å². The molecule has 23 heavy (non-hydrogen) atoms. The lowest BCUT2D eigenvalue weighted by Crippen LogP contribution is -2.39. The molecule has 0 bridgehead atoms. The number of carboxylic acid groups (broad SMARTS) is 1. The first-order valence-electron chi connectivity index (χ1n) is 7.28. The van der Waals surface area contributed by atoms with Gasteiger partial charge in [0.25, 0.3) is 5.91 Å². The largest absolute Gasteiger partial charge is 0.478 e. The maximum absolute atomic E-state index is 12.7. The van der Waals surface area contributed by atoms with Gasteiger partial charge >= 0.3 is 5.97 Å². The van der Waals surface area contributed by atoms with E-state index in [0.717, 1.165) is 10.9 Å². The standard InChI is InChI=1S/C16H14N4O3/c21-15(13-7-10-3-1-2-4-12(10)18-13)19-5-6-20-14(9-19)11(8-17-20)16(22)23/h1-4,7-8,18H,5-6,9H2,(H,22,23). The van der Waals surface area contributed by atoms with E-state index in [1.165, 1.54) is 6.20 Å². The zero-order chi connectivity index (χ0) is 16.0. The number of H-pyrrole nitrogens is 1. The summed E-state index contributed by atoms with van der Waals surface area (Å²) in [5, 5.41) is 14.2. The minimum atomic E-state index is -1.02. The first kappa shape index (κ1) is 13.6. The minimum absolute atomic E-state index is 0.134. The van der Waals surface area contributed by atoms with Crippen LogP contribution in [0, 0.1) is 0 Å². The molecule has 0 atom stereocenters. The highest BCUT2D eigenvalue weighted by atomic mass is 16.4. The van der Waals surface area contributed by atoms with Crippen molar-refractivity contribution >= 4 is 22.8 Å². The van der Waals surface area contributed by atoms with Crippen LogP contribution in [0.5, 0.6) is 0 Å². The first-order chi connectivity index (χ1) is 11.1. The lowest BCUT2D eigenvalue weighted by atomic mass is 10.2. The molecule has 0 spiro atoms. The molecule has 4 rings (SSSR count). The van der Waals surface area contributed by atoms with Gasteiger partial charge in [-0.15, -0.1) is 0 Å². The Morgan fingerprint density at radius 3 is 2.83 bits per heavy atom. The highest BCUT2D eigenvalue weighted by Crippen LogP contribution is 2.20. The summed E-state index contributed by atoms with van der Waals surface area (Å²) in [5.74, 6) is -1.16. The Bertz CT molecular complexity index is 891. The maximum Gasteiger partial charge on any atom is 0.339 e. The van der Waals surface area contributed by atoms with Crippen molar-refractivity contribution < 1.29 is 14.7 Å². The van der Waals surface area contributed by atoms with E-state index < -0.39 is 5.97 Å². The van der Waals surface area contributed by atoms with Crippen molar-refractivity contribution in [1.29, 1.82) is 0 Å². The fraction of sp³-hybridized carbons (Fsp3) is 0.188. The molecule has 0 radical (unpaired) electrons. The Kier molecular flexibility index (Phi) is 2.94. The van der Waals surface area contributed by atoms with Crippen LogP contribution in [0.3, 0.4) is 0 Å². The third kappa shape index (κ3) is 2.17. The summed E-state index contributed by atoms with van der Waals surface area (Å²) < 4.78 is 1.65. The molecule has 3 aromatic rings. The lowest BCUT2D eigenvalue weighted by Gasteiger charge is -2.27. The summed E-state index contributed by atoms with van der Waals surface area (Å²) in [5.41, 5.74) is 2.13. The van der Waals surface area contributed by atoms with Crippen molar-refractivity contribution in [3.8, 4) is 0 Å². The zero-order valence-electron chi connectivity index (χ0n) is 12.2. The van der Waals surface area contributed by atoms with Crippen molar-refractivity contribution in [2.45, 2.75) is 13.1 Å². The van der Waals surface area contributed by atoms with Crippen molar-refractivity contribution in [2.75, 3.05) is 6.54 Å². The summed E-state index contributed by atoms with van der Waals surface area (Å²) in [6.07, 6.45) is 1.34. The van der Waals surface area contributed by atoms with E-state index in [0.29, 0.717) is 24.5 Å². The van der Waals surface area contributed by atoms with E-state index in [-0.39, 0.29) is 18.0 Å². The predicted molar refractivity (Wildman–Crippen MR) is 82.2 cm³/mol. The summed E-state index contributed by atoms with van der Waals surface area (Å²) in [6, 6.07) is 9.51. The first-order valence-corrected chi connectivity index (χ1v) is 7.28. The molecular weight excluding hydrogens is 296 g/mol. The third-order valence-corrected chi connectivity index (χ3v) is 4.15. The number of hydrogen-bond acceptors (Lipinski definition) is 3. The number of aromatic nitrogens is 3. The number of aromatic carboxylic acids is 1. The molecule has 3 heterocycles. The van der Waals surface area contributed by atoms with E-state index >= 15 is 0 Å². The molecule has 0 fully saturated rings. The van der Waals surface area contributed by atoms with Gasteiger partial charge in [-0.2, -0.15) is 5.10 Å². The molecule has 7 nitrogen and oxygen atoms in total. The second kappa shape index (κ2) is 4.98. The molecule has 0 saturated carbocycles. The van der Waals surface area contributed by atoms with E-state index in [4.69, 9.17) is 0 Å². The monoisotopic (exact) mass is 310 g/mol. The van der Waals surface area contributed by atoms with Crippen LogP contribution in [0.15, 0.2) is 36.5 Å². The Hall–Kier alpha value is -3.09. The molecule has 0 aliphatic carbocycles. The quantitative estimate of drug-likeness (QED) is 0.754. The summed E-state index contributed by atoms with van der Waals surface area (Å²) >= 11 is 0. The molecule has 1 aliphatic rings. The van der Waals surface area contributed by atoms with Crippen LogP contribution in [0.2, 0.25) is 0 Å². The number of carboxylic acids is 1. The number of nitrogens with zero attached hydrogens (tertiary/aromatic N) is 3. The molecule has 0 saturated heterocycles. The highest BCUT2D eigenvalue weighted by molar-refractivity contribution is 5.98. The molecule has 2 aromatic heterocycles. The number of amides is 1. The number of fused-ring (bicyclic) bond motifs is 2. The van der Waals surface area contributed by atoms with Crippen molar-refractivity contribution in [3.63, 3.8) is 0 Å². The van der Waals surface area contributed by atoms with Crippen LogP contribution < -0.4 is 0 Å². The number of aromatic amines is 1. The molecule has 1 aromatic carbocycles. The number of carbonyl (C=O) groups excluding carboxylic acids is 1. The van der Waals surface area contributed by atoms with Crippen LogP contribution >= 0.6 is 0 Å². The average Bonchev–Trinajstić information content (AvgIpc) is 3.17. The number of hydrogen-bond donors (Lipinski definition) is 2. The van der Waals surface area contributed by atoms with E-state index in [9.17, 15) is 14.7 Å². The molecule has 0 unspecified atom stereocenters. The summed E-state index contributed by atoms with van der Waals surface area (Å²) in [4.78, 5) is 28.7. The zero-order valence-corrected chi connectivity index (χ0v) is 12.2. The highest BCUT2D eigenvalue weighted by Gasteiger charge is 2.27. The Morgan fingerprint density at radius 2 is 2.04 bits per heavy atom. The lowest BCUT2D eigenvalue weighted by molar-refractivity contribution is 0.0663. The van der Waals surface area contributed by atoms with Gasteiger partial charge in [-0.1, -0.05) is 18.2 Å². The van der Waals surface area contributed by atoms with Crippen LogP contribution in [0.4, 0.5) is 0 Å². The van der Waals surface area contributed by atoms with Gasteiger partial charge in [0.15, 0.2) is 0 Å². The number of nitrogens with one attached hydrogen (secondary N) is 1. The van der Waals surface area contributed by atoms with Crippen LogP contribution in [-0.2, 0) is 13.1 Å². The van der Waals surface area contributed by atoms with E-state index in [2.05, 4.69) is 10.1 Å². The van der Waals surface area contributed by atoms with Gasteiger partial charge in [0, 0.05) is 17.4 Å². The van der Waals surface area contributed by atoms with Crippen LogP contribution in [0.1, 0.15) is 26.5 Å². The fourth-order valence-electron chi connectivity index (χ4n) is 2.96. The van der Waals surface area contributed by atoms with Crippen molar-refractivity contribution in [1.82, 2.24) is 19.7 Å². The van der Waals surface area contributed by atoms with Crippen molar-refractivity contribution in [3.05, 3.63) is 53.5 Å². The smallest absolute Gasteiger partial charge is 0.339 e. The van der Waals surface area contributed by atoms with Gasteiger partial charge in [0.2, 0.25) is 0 Å². The summed E-state index contributed by atoms with van der Waals surface area (Å²) in [7, 11) is 0. The van der Waals surface area contributed by atoms with Crippen LogP contribution in [-0.4, -0.2) is 43.2 Å². The maximum atomic E-state index is 12.7.